The first-order valence-electron chi connectivity index (χ1n) is 5.01. The average Bonchev–Trinajstić information content (AvgIpc) is 2.87. The first kappa shape index (κ1) is 9.56. The van der Waals surface area contributed by atoms with Gasteiger partial charge in [-0.3, -0.25) is 0 Å². The summed E-state index contributed by atoms with van der Waals surface area (Å²) >= 11 is 0. The summed E-state index contributed by atoms with van der Waals surface area (Å²) in [6, 6.07) is 0. The molecule has 2 nitrogen and oxygen atoms in total. The molecule has 1 aliphatic carbocycles. The molecule has 0 aromatic rings. The monoisotopic (exact) mass is 168 g/mol. The topological polar surface area (TPSA) is 21.6 Å². The molecule has 0 aromatic heterocycles. The molecule has 0 spiro atoms. The summed E-state index contributed by atoms with van der Waals surface area (Å²) in [4.78, 5) is 5.04. The first-order valence-corrected chi connectivity index (χ1v) is 5.01. The number of hydrogen-bond donors (Lipinski definition) is 0. The highest BCUT2D eigenvalue weighted by atomic mass is 16.6. The fourth-order valence-corrected chi connectivity index (χ4v) is 0.963. The molecule has 2 heteroatoms. The SMILES string of the molecule is CCCCCCO/N=[C]/C1CC1. The van der Waals surface area contributed by atoms with Gasteiger partial charge in [0.25, 0.3) is 0 Å². The van der Waals surface area contributed by atoms with E-state index in [1.807, 2.05) is 0 Å². The van der Waals surface area contributed by atoms with Gasteiger partial charge in [-0.15, -0.1) is 0 Å². The zero-order chi connectivity index (χ0) is 8.65. The van der Waals surface area contributed by atoms with Crippen LogP contribution in [0.1, 0.15) is 45.4 Å². The van der Waals surface area contributed by atoms with Gasteiger partial charge in [0.1, 0.15) is 12.8 Å². The number of nitrogens with zero attached hydrogens (tertiary/aromatic N) is 1. The van der Waals surface area contributed by atoms with Crippen molar-refractivity contribution in [1.29, 1.82) is 0 Å². The minimum Gasteiger partial charge on any atom is -0.396 e. The molecule has 0 atom stereocenters. The lowest BCUT2D eigenvalue weighted by atomic mass is 10.2. The predicted octanol–water partition coefficient (Wildman–Crippen LogP) is 2.86. The minimum absolute atomic E-state index is 0.612. The van der Waals surface area contributed by atoms with Gasteiger partial charge in [-0.2, -0.15) is 0 Å². The van der Waals surface area contributed by atoms with Crippen LogP contribution in [0.2, 0.25) is 0 Å². The van der Waals surface area contributed by atoms with E-state index in [0.29, 0.717) is 5.92 Å². The van der Waals surface area contributed by atoms with Gasteiger partial charge in [0.2, 0.25) is 0 Å². The Morgan fingerprint density at radius 1 is 1.33 bits per heavy atom. The fourth-order valence-electron chi connectivity index (χ4n) is 0.963. The summed E-state index contributed by atoms with van der Waals surface area (Å²) in [7, 11) is 0. The van der Waals surface area contributed by atoms with Crippen LogP contribution in [0.4, 0.5) is 0 Å². The summed E-state index contributed by atoms with van der Waals surface area (Å²) in [6.07, 6.45) is 10.4. The molecule has 0 bridgehead atoms. The van der Waals surface area contributed by atoms with Crippen molar-refractivity contribution < 1.29 is 4.84 Å². The molecule has 0 unspecified atom stereocenters. The molecule has 1 rings (SSSR count). The number of hydrogen-bond acceptors (Lipinski definition) is 2. The van der Waals surface area contributed by atoms with Crippen LogP contribution < -0.4 is 0 Å². The molecule has 0 aromatic carbocycles. The van der Waals surface area contributed by atoms with E-state index in [9.17, 15) is 0 Å². The van der Waals surface area contributed by atoms with Gasteiger partial charge in [0.05, 0.1) is 0 Å². The maximum absolute atomic E-state index is 5.04. The molecule has 1 fully saturated rings. The van der Waals surface area contributed by atoms with Crippen LogP contribution in [0.15, 0.2) is 5.16 Å². The highest BCUT2D eigenvalue weighted by Crippen LogP contribution is 2.26. The second-order valence-electron chi connectivity index (χ2n) is 3.39. The predicted molar refractivity (Wildman–Crippen MR) is 50.3 cm³/mol. The Morgan fingerprint density at radius 2 is 2.17 bits per heavy atom. The quantitative estimate of drug-likeness (QED) is 0.325. The van der Waals surface area contributed by atoms with Gasteiger partial charge >= 0.3 is 0 Å². The highest BCUT2D eigenvalue weighted by Gasteiger charge is 2.19. The molecular formula is C10H18NO. The highest BCUT2D eigenvalue weighted by molar-refractivity contribution is 5.62. The van der Waals surface area contributed by atoms with Crippen molar-refractivity contribution >= 4 is 6.21 Å². The molecule has 0 amide bonds. The Balaban J connectivity index is 1.75. The summed E-state index contributed by atoms with van der Waals surface area (Å²) in [5.74, 6) is 0.612. The lowest BCUT2D eigenvalue weighted by Gasteiger charge is -1.97. The van der Waals surface area contributed by atoms with Crippen molar-refractivity contribution in [2.75, 3.05) is 6.61 Å². The molecule has 1 radical (unpaired) electrons. The van der Waals surface area contributed by atoms with E-state index >= 15 is 0 Å². The van der Waals surface area contributed by atoms with Crippen molar-refractivity contribution in [2.45, 2.75) is 45.4 Å². The van der Waals surface area contributed by atoms with E-state index in [4.69, 9.17) is 4.84 Å². The molecule has 0 aliphatic heterocycles. The van der Waals surface area contributed by atoms with Gasteiger partial charge < -0.3 is 4.84 Å². The van der Waals surface area contributed by atoms with Crippen LogP contribution in [-0.4, -0.2) is 12.8 Å². The lowest BCUT2D eigenvalue weighted by Crippen LogP contribution is -1.88. The van der Waals surface area contributed by atoms with Gasteiger partial charge in [-0.1, -0.05) is 24.9 Å². The summed E-state index contributed by atoms with van der Waals surface area (Å²) in [5, 5.41) is 3.78. The van der Waals surface area contributed by atoms with Crippen molar-refractivity contribution in [3.8, 4) is 0 Å². The van der Waals surface area contributed by atoms with E-state index < -0.39 is 0 Å². The van der Waals surface area contributed by atoms with E-state index in [2.05, 4.69) is 18.3 Å². The third-order valence-electron chi connectivity index (χ3n) is 1.97. The third-order valence-corrected chi connectivity index (χ3v) is 1.97. The van der Waals surface area contributed by atoms with Crippen LogP contribution in [0.25, 0.3) is 0 Å². The Morgan fingerprint density at radius 3 is 2.83 bits per heavy atom. The van der Waals surface area contributed by atoms with Crippen LogP contribution in [-0.2, 0) is 4.84 Å². The standard InChI is InChI=1S/C10H18NO/c1-2-3-4-5-8-12-11-9-10-6-7-10/h10H,2-8H2,1H3. The maximum atomic E-state index is 5.04. The molecule has 0 N–H and O–H groups in total. The summed E-state index contributed by atoms with van der Waals surface area (Å²) < 4.78 is 0. The second-order valence-corrected chi connectivity index (χ2v) is 3.39. The summed E-state index contributed by atoms with van der Waals surface area (Å²) in [5.41, 5.74) is 0. The molecule has 69 valence electrons. The van der Waals surface area contributed by atoms with Crippen LogP contribution >= 0.6 is 0 Å². The molecular weight excluding hydrogens is 150 g/mol. The number of rotatable bonds is 7. The smallest absolute Gasteiger partial charge is 0.117 e. The average molecular weight is 168 g/mol. The van der Waals surface area contributed by atoms with Crippen LogP contribution in [0, 0.1) is 5.92 Å². The lowest BCUT2D eigenvalue weighted by molar-refractivity contribution is 0.140. The molecule has 12 heavy (non-hydrogen) atoms. The normalized spacial score (nSPS) is 17.1. The van der Waals surface area contributed by atoms with Gasteiger partial charge in [0, 0.05) is 5.92 Å². The Hall–Kier alpha value is -0.530. The fraction of sp³-hybridized carbons (Fsp3) is 0.900. The Labute approximate surface area is 75.0 Å². The van der Waals surface area contributed by atoms with Gasteiger partial charge in [-0.25, -0.2) is 0 Å². The zero-order valence-electron chi connectivity index (χ0n) is 7.88. The summed E-state index contributed by atoms with van der Waals surface area (Å²) in [6.45, 7) is 2.97. The van der Waals surface area contributed by atoms with E-state index in [-0.39, 0.29) is 0 Å². The minimum atomic E-state index is 0.612. The van der Waals surface area contributed by atoms with Crippen molar-refractivity contribution in [2.24, 2.45) is 11.1 Å². The van der Waals surface area contributed by atoms with Crippen molar-refractivity contribution in [3.05, 3.63) is 0 Å². The molecule has 1 saturated carbocycles. The Kier molecular flexibility index (Phi) is 4.81. The first-order chi connectivity index (χ1) is 5.93. The maximum Gasteiger partial charge on any atom is 0.117 e. The Bertz CT molecular complexity index is 130. The van der Waals surface area contributed by atoms with Crippen LogP contribution in [0.5, 0.6) is 0 Å². The largest absolute Gasteiger partial charge is 0.396 e. The van der Waals surface area contributed by atoms with E-state index in [0.717, 1.165) is 13.0 Å². The second kappa shape index (κ2) is 6.04. The molecule has 0 saturated heterocycles. The van der Waals surface area contributed by atoms with E-state index in [1.54, 1.807) is 0 Å². The van der Waals surface area contributed by atoms with Crippen molar-refractivity contribution in [3.63, 3.8) is 0 Å². The third kappa shape index (κ3) is 5.16. The van der Waals surface area contributed by atoms with Gasteiger partial charge in [0.15, 0.2) is 0 Å². The van der Waals surface area contributed by atoms with Crippen molar-refractivity contribution in [1.82, 2.24) is 0 Å². The molecule has 1 aliphatic rings. The number of unbranched alkanes of at least 4 members (excludes halogenated alkanes) is 3. The zero-order valence-corrected chi connectivity index (χ0v) is 7.88. The van der Waals surface area contributed by atoms with Crippen LogP contribution in [0.3, 0.4) is 0 Å². The molecule has 0 heterocycles. The van der Waals surface area contributed by atoms with E-state index in [1.165, 1.54) is 32.1 Å². The van der Waals surface area contributed by atoms with Gasteiger partial charge in [-0.05, 0) is 25.7 Å².